The van der Waals surface area contributed by atoms with E-state index < -0.39 is 0 Å². The molecule has 1 aliphatic carbocycles. The van der Waals surface area contributed by atoms with Crippen molar-refractivity contribution in [2.45, 2.75) is 56.7 Å². The van der Waals surface area contributed by atoms with Crippen LogP contribution in [-0.4, -0.2) is 28.9 Å². The van der Waals surface area contributed by atoms with Crippen LogP contribution in [0.25, 0.3) is 0 Å². The van der Waals surface area contributed by atoms with E-state index in [1.807, 2.05) is 0 Å². The molecule has 1 heterocycles. The Balaban J connectivity index is 1.87. The Bertz CT molecular complexity index is 644. The zero-order valence-electron chi connectivity index (χ0n) is 14.6. The van der Waals surface area contributed by atoms with Gasteiger partial charge in [0.15, 0.2) is 6.04 Å². The van der Waals surface area contributed by atoms with E-state index in [2.05, 4.69) is 52.0 Å². The third-order valence-electron chi connectivity index (χ3n) is 5.01. The summed E-state index contributed by atoms with van der Waals surface area (Å²) in [5.41, 5.74) is 2.56. The number of hydrogen-bond donors (Lipinski definition) is 0. The van der Waals surface area contributed by atoms with Gasteiger partial charge in [-0.1, -0.05) is 70.1 Å². The Morgan fingerprint density at radius 1 is 1.35 bits per heavy atom. The fourth-order valence-electron chi connectivity index (χ4n) is 3.37. The van der Waals surface area contributed by atoms with Gasteiger partial charge in [0.05, 0.1) is 16.9 Å². The molecule has 0 bridgehead atoms. The first-order chi connectivity index (χ1) is 10.8. The highest BCUT2D eigenvalue weighted by Gasteiger charge is 2.65. The van der Waals surface area contributed by atoms with Gasteiger partial charge in [-0.25, -0.2) is 4.79 Å². The minimum absolute atomic E-state index is 0.0557. The fourth-order valence-corrected chi connectivity index (χ4v) is 5.03. The molecular weight excluding hydrogens is 306 g/mol. The Morgan fingerprint density at radius 2 is 2.00 bits per heavy atom. The van der Waals surface area contributed by atoms with Crippen LogP contribution in [0.1, 0.15) is 51.7 Å². The number of esters is 1. The Hall–Kier alpha value is -1.29. The molecule has 124 valence electrons. The van der Waals surface area contributed by atoms with Gasteiger partial charge < -0.3 is 4.74 Å². The first-order valence-corrected chi connectivity index (χ1v) is 9.09. The second-order valence-electron chi connectivity index (χ2n) is 7.55. The molecule has 1 aromatic carbocycles. The van der Waals surface area contributed by atoms with Crippen molar-refractivity contribution in [1.82, 2.24) is 0 Å². The number of carbonyl (C=O) groups is 1. The highest BCUT2D eigenvalue weighted by molar-refractivity contribution is 8.16. The van der Waals surface area contributed by atoms with Crippen molar-refractivity contribution in [2.24, 2.45) is 10.9 Å². The molecule has 0 aromatic heterocycles. The number of hydrogen-bond acceptors (Lipinski definition) is 4. The van der Waals surface area contributed by atoms with Crippen molar-refractivity contribution in [2.75, 3.05) is 7.11 Å². The summed E-state index contributed by atoms with van der Waals surface area (Å²) in [6, 6.07) is 8.24. The molecule has 0 N–H and O–H groups in total. The van der Waals surface area contributed by atoms with Crippen molar-refractivity contribution >= 4 is 22.8 Å². The zero-order chi connectivity index (χ0) is 16.8. The summed E-state index contributed by atoms with van der Waals surface area (Å²) < 4.78 is 4.94. The molecule has 1 aromatic rings. The molecule has 0 unspecified atom stereocenters. The van der Waals surface area contributed by atoms with Crippen molar-refractivity contribution in [3.05, 3.63) is 35.4 Å². The molecule has 0 amide bonds. The van der Waals surface area contributed by atoms with Crippen LogP contribution < -0.4 is 0 Å². The lowest BCUT2D eigenvalue weighted by Crippen LogP contribution is -2.31. The topological polar surface area (TPSA) is 38.7 Å². The molecule has 3 atom stereocenters. The van der Waals surface area contributed by atoms with E-state index in [1.165, 1.54) is 12.7 Å². The number of thioether (sulfide) groups is 1. The van der Waals surface area contributed by atoms with Crippen molar-refractivity contribution < 1.29 is 9.53 Å². The summed E-state index contributed by atoms with van der Waals surface area (Å²) in [5.74, 6) is 0.362. The molecule has 1 fully saturated rings. The fraction of sp³-hybridized carbons (Fsp3) is 0.579. The predicted octanol–water partition coefficient (Wildman–Crippen LogP) is 4.19. The van der Waals surface area contributed by atoms with Gasteiger partial charge in [0.1, 0.15) is 0 Å². The van der Waals surface area contributed by atoms with Gasteiger partial charge in [-0.15, -0.1) is 0 Å². The van der Waals surface area contributed by atoms with E-state index in [-0.39, 0.29) is 22.2 Å². The predicted molar refractivity (Wildman–Crippen MR) is 96.2 cm³/mol. The second-order valence-corrected chi connectivity index (χ2v) is 8.90. The third kappa shape index (κ3) is 2.82. The Kier molecular flexibility index (Phi) is 4.07. The maximum absolute atomic E-state index is 12.2. The molecule has 3 nitrogen and oxygen atoms in total. The summed E-state index contributed by atoms with van der Waals surface area (Å²) in [4.78, 5) is 16.9. The summed E-state index contributed by atoms with van der Waals surface area (Å²) >= 11 is 1.78. The van der Waals surface area contributed by atoms with Crippen molar-refractivity contribution in [3.8, 4) is 0 Å². The quantitative estimate of drug-likeness (QED) is 0.780. The largest absolute Gasteiger partial charge is 0.467 e. The van der Waals surface area contributed by atoms with E-state index in [0.717, 1.165) is 23.4 Å². The highest BCUT2D eigenvalue weighted by Crippen LogP contribution is 2.63. The van der Waals surface area contributed by atoms with Gasteiger partial charge >= 0.3 is 5.97 Å². The molecular formula is C19H25NO2S. The average Bonchev–Trinajstić information content (AvgIpc) is 3.09. The number of aliphatic imine (C=N–C) groups is 1. The summed E-state index contributed by atoms with van der Waals surface area (Å²) in [7, 11) is 1.45. The normalized spacial score (nSPS) is 29.5. The van der Waals surface area contributed by atoms with Crippen LogP contribution in [0.2, 0.25) is 0 Å². The lowest BCUT2D eigenvalue weighted by atomic mass is 9.87. The van der Waals surface area contributed by atoms with Crippen LogP contribution >= 0.6 is 11.8 Å². The molecule has 0 saturated heterocycles. The van der Waals surface area contributed by atoms with Gasteiger partial charge in [-0.05, 0) is 23.3 Å². The maximum atomic E-state index is 12.2. The van der Waals surface area contributed by atoms with Crippen LogP contribution in [0.4, 0.5) is 0 Å². The number of carbonyl (C=O) groups excluding carboxylic acids is 1. The Morgan fingerprint density at radius 3 is 2.48 bits per heavy atom. The minimum atomic E-state index is -0.347. The molecule has 4 heteroatoms. The Labute approximate surface area is 142 Å². The summed E-state index contributed by atoms with van der Waals surface area (Å²) in [6.45, 7) is 8.82. The monoisotopic (exact) mass is 331 g/mol. The summed E-state index contributed by atoms with van der Waals surface area (Å²) in [5, 5.41) is 0.983. The highest BCUT2D eigenvalue weighted by atomic mass is 32.2. The minimum Gasteiger partial charge on any atom is -0.467 e. The molecule has 3 rings (SSSR count). The van der Waals surface area contributed by atoms with Gasteiger partial charge in [0, 0.05) is 5.56 Å². The first kappa shape index (κ1) is 16.6. The second kappa shape index (κ2) is 5.66. The van der Waals surface area contributed by atoms with Crippen LogP contribution in [0.5, 0.6) is 0 Å². The van der Waals surface area contributed by atoms with Gasteiger partial charge in [0.2, 0.25) is 0 Å². The number of rotatable bonds is 3. The molecule has 23 heavy (non-hydrogen) atoms. The SMILES string of the molecule is CC[C@@H]1C[C@@]12SC(c1ccc(C(C)(C)C)cc1)=N[C@H]2C(=O)OC. The first-order valence-electron chi connectivity index (χ1n) is 8.27. The summed E-state index contributed by atoms with van der Waals surface area (Å²) in [6.07, 6.45) is 2.15. The van der Waals surface area contributed by atoms with Crippen LogP contribution in [-0.2, 0) is 14.9 Å². The van der Waals surface area contributed by atoms with Crippen molar-refractivity contribution in [1.29, 1.82) is 0 Å². The number of ether oxygens (including phenoxy) is 1. The van der Waals surface area contributed by atoms with E-state index in [0.29, 0.717) is 5.92 Å². The van der Waals surface area contributed by atoms with Crippen molar-refractivity contribution in [3.63, 3.8) is 0 Å². The molecule has 2 aliphatic rings. The standard InChI is InChI=1S/C19H25NO2S/c1-6-13-11-19(13)15(17(21)22-5)20-16(23-19)12-7-9-14(10-8-12)18(2,3)4/h7-10,13,15H,6,11H2,1-5H3/t13-,15+,19-/m1/s1. The van der Waals surface area contributed by atoms with Gasteiger partial charge in [0.25, 0.3) is 0 Å². The molecule has 1 spiro atoms. The lowest BCUT2D eigenvalue weighted by Gasteiger charge is -2.19. The van der Waals surface area contributed by atoms with E-state index in [9.17, 15) is 4.79 Å². The molecule has 1 aliphatic heterocycles. The van der Waals surface area contributed by atoms with Crippen LogP contribution in [0.15, 0.2) is 29.3 Å². The number of nitrogens with zero attached hydrogens (tertiary/aromatic N) is 1. The average molecular weight is 331 g/mol. The van der Waals surface area contributed by atoms with Gasteiger partial charge in [-0.3, -0.25) is 4.99 Å². The zero-order valence-corrected chi connectivity index (χ0v) is 15.4. The maximum Gasteiger partial charge on any atom is 0.332 e. The van der Waals surface area contributed by atoms with E-state index in [1.54, 1.807) is 11.8 Å². The van der Waals surface area contributed by atoms with Crippen LogP contribution in [0.3, 0.4) is 0 Å². The van der Waals surface area contributed by atoms with E-state index in [4.69, 9.17) is 9.73 Å². The van der Waals surface area contributed by atoms with Crippen LogP contribution in [0, 0.1) is 5.92 Å². The smallest absolute Gasteiger partial charge is 0.332 e. The lowest BCUT2D eigenvalue weighted by molar-refractivity contribution is -0.142. The molecule has 1 saturated carbocycles. The number of benzene rings is 1. The van der Waals surface area contributed by atoms with Gasteiger partial charge in [-0.2, -0.15) is 0 Å². The number of methoxy groups -OCH3 is 1. The molecule has 0 radical (unpaired) electrons. The van der Waals surface area contributed by atoms with E-state index >= 15 is 0 Å². The third-order valence-corrected chi connectivity index (χ3v) is 6.65.